The van der Waals surface area contributed by atoms with Crippen molar-refractivity contribution in [2.24, 2.45) is 0 Å². The molecule has 0 atom stereocenters. The Kier molecular flexibility index (Phi) is 3.22. The van der Waals surface area contributed by atoms with E-state index in [-0.39, 0.29) is 0 Å². The molecule has 0 spiro atoms. The second kappa shape index (κ2) is 4.65. The van der Waals surface area contributed by atoms with Crippen molar-refractivity contribution in [2.75, 3.05) is 0 Å². The number of aromatic nitrogens is 1. The van der Waals surface area contributed by atoms with Crippen LogP contribution in [-0.4, -0.2) is 22.3 Å². The minimum atomic E-state index is -0.820. The molecule has 0 saturated heterocycles. The van der Waals surface area contributed by atoms with Gasteiger partial charge in [-0.25, -0.2) is 0 Å². The summed E-state index contributed by atoms with van der Waals surface area (Å²) in [4.78, 5) is 26.2. The van der Waals surface area contributed by atoms with E-state index in [2.05, 4.69) is 4.98 Å². The maximum absolute atomic E-state index is 11.6. The van der Waals surface area contributed by atoms with Gasteiger partial charge in [0.05, 0.1) is 5.41 Å². The maximum atomic E-state index is 11.6. The van der Waals surface area contributed by atoms with E-state index in [0.29, 0.717) is 30.4 Å². The number of aldehydes is 1. The lowest BCUT2D eigenvalue weighted by Crippen LogP contribution is -2.37. The van der Waals surface area contributed by atoms with Crippen LogP contribution in [0.3, 0.4) is 0 Å². The van der Waals surface area contributed by atoms with Crippen LogP contribution in [0.15, 0.2) is 18.3 Å². The maximum Gasteiger partial charge on any atom is 0.314 e. The van der Waals surface area contributed by atoms with Gasteiger partial charge in [-0.3, -0.25) is 14.6 Å². The number of carbonyl (C=O) groups is 2. The highest BCUT2D eigenvalue weighted by Gasteiger charge is 2.41. The van der Waals surface area contributed by atoms with Crippen molar-refractivity contribution in [3.63, 3.8) is 0 Å². The number of pyridine rings is 1. The van der Waals surface area contributed by atoms with Crippen molar-refractivity contribution in [3.05, 3.63) is 29.6 Å². The molecule has 1 aromatic heterocycles. The third-order valence-electron chi connectivity index (χ3n) is 3.57. The van der Waals surface area contributed by atoms with E-state index in [9.17, 15) is 14.7 Å². The Morgan fingerprint density at radius 3 is 2.65 bits per heavy atom. The van der Waals surface area contributed by atoms with E-state index in [4.69, 9.17) is 0 Å². The van der Waals surface area contributed by atoms with E-state index in [1.54, 1.807) is 12.1 Å². The predicted molar refractivity (Wildman–Crippen MR) is 62.0 cm³/mol. The molecular formula is C13H15NO3. The van der Waals surface area contributed by atoms with E-state index >= 15 is 0 Å². The molecule has 1 heterocycles. The molecule has 17 heavy (non-hydrogen) atoms. The summed E-state index contributed by atoms with van der Waals surface area (Å²) in [5, 5.41) is 9.50. The van der Waals surface area contributed by atoms with Crippen LogP contribution in [0.2, 0.25) is 0 Å². The van der Waals surface area contributed by atoms with Crippen LogP contribution in [0.25, 0.3) is 0 Å². The van der Waals surface area contributed by atoms with Gasteiger partial charge in [0.1, 0.15) is 5.69 Å². The highest BCUT2D eigenvalue weighted by atomic mass is 16.4. The number of hydrogen-bond acceptors (Lipinski definition) is 3. The van der Waals surface area contributed by atoms with Crippen LogP contribution in [0.5, 0.6) is 0 Å². The minimum Gasteiger partial charge on any atom is -0.481 e. The summed E-state index contributed by atoms with van der Waals surface area (Å²) in [6.07, 6.45) is 6.38. The Morgan fingerprint density at radius 2 is 2.06 bits per heavy atom. The van der Waals surface area contributed by atoms with E-state index in [0.717, 1.165) is 19.3 Å². The number of carboxylic acids is 1. The number of hydrogen-bond donors (Lipinski definition) is 1. The van der Waals surface area contributed by atoms with Crippen molar-refractivity contribution < 1.29 is 14.7 Å². The van der Waals surface area contributed by atoms with Crippen molar-refractivity contribution in [2.45, 2.75) is 37.5 Å². The second-order valence-corrected chi connectivity index (χ2v) is 4.54. The topological polar surface area (TPSA) is 67.3 Å². The molecule has 1 aliphatic rings. The van der Waals surface area contributed by atoms with E-state index < -0.39 is 11.4 Å². The minimum absolute atomic E-state index is 0.300. The van der Waals surface area contributed by atoms with Crippen molar-refractivity contribution in [3.8, 4) is 0 Å². The van der Waals surface area contributed by atoms with Gasteiger partial charge >= 0.3 is 5.97 Å². The van der Waals surface area contributed by atoms with Crippen LogP contribution >= 0.6 is 0 Å². The summed E-state index contributed by atoms with van der Waals surface area (Å²) in [6, 6.07) is 3.32. The smallest absolute Gasteiger partial charge is 0.314 e. The van der Waals surface area contributed by atoms with Crippen LogP contribution in [0.1, 0.15) is 48.2 Å². The summed E-state index contributed by atoms with van der Waals surface area (Å²) in [5.74, 6) is -0.791. The number of carbonyl (C=O) groups excluding carboxylic acids is 1. The molecule has 1 aliphatic carbocycles. The molecule has 2 rings (SSSR count). The van der Waals surface area contributed by atoms with Crippen LogP contribution < -0.4 is 0 Å². The monoisotopic (exact) mass is 233 g/mol. The van der Waals surface area contributed by atoms with Crippen molar-refractivity contribution in [1.82, 2.24) is 4.98 Å². The average Bonchev–Trinajstić information content (AvgIpc) is 2.39. The molecule has 1 saturated carbocycles. The van der Waals surface area contributed by atoms with E-state index in [1.807, 2.05) is 0 Å². The molecule has 4 heteroatoms. The predicted octanol–water partition coefficient (Wildman–Crippen LogP) is 2.18. The fraction of sp³-hybridized carbons (Fsp3) is 0.462. The van der Waals surface area contributed by atoms with Gasteiger partial charge in [0, 0.05) is 6.20 Å². The molecule has 0 radical (unpaired) electrons. The first-order chi connectivity index (χ1) is 8.19. The summed E-state index contributed by atoms with van der Waals surface area (Å²) in [6.45, 7) is 0. The van der Waals surface area contributed by atoms with Gasteiger partial charge in [-0.15, -0.1) is 0 Å². The first-order valence-electron chi connectivity index (χ1n) is 5.84. The van der Waals surface area contributed by atoms with Crippen LogP contribution in [0, 0.1) is 0 Å². The summed E-state index contributed by atoms with van der Waals surface area (Å²) >= 11 is 0. The zero-order valence-electron chi connectivity index (χ0n) is 9.56. The third-order valence-corrected chi connectivity index (χ3v) is 3.57. The summed E-state index contributed by atoms with van der Waals surface area (Å²) in [7, 11) is 0. The highest BCUT2D eigenvalue weighted by Crippen LogP contribution is 2.39. The van der Waals surface area contributed by atoms with Crippen LogP contribution in [-0.2, 0) is 10.2 Å². The zero-order chi connectivity index (χ0) is 12.3. The lowest BCUT2D eigenvalue weighted by molar-refractivity contribution is -0.145. The Bertz CT molecular complexity index is 436. The third kappa shape index (κ3) is 2.07. The van der Waals surface area contributed by atoms with Gasteiger partial charge < -0.3 is 5.11 Å². The molecule has 0 unspecified atom stereocenters. The average molecular weight is 233 g/mol. The Labute approximate surface area is 99.7 Å². The highest BCUT2D eigenvalue weighted by molar-refractivity contribution is 5.82. The van der Waals surface area contributed by atoms with Crippen molar-refractivity contribution >= 4 is 12.3 Å². The molecule has 0 aliphatic heterocycles. The fourth-order valence-corrected chi connectivity index (χ4v) is 2.59. The largest absolute Gasteiger partial charge is 0.481 e. The molecule has 1 fully saturated rings. The lowest BCUT2D eigenvalue weighted by atomic mass is 9.69. The van der Waals surface area contributed by atoms with Crippen LogP contribution in [0.4, 0.5) is 0 Å². The van der Waals surface area contributed by atoms with E-state index in [1.165, 1.54) is 6.20 Å². The number of aliphatic carboxylic acids is 1. The fourth-order valence-electron chi connectivity index (χ4n) is 2.59. The second-order valence-electron chi connectivity index (χ2n) is 4.54. The molecule has 1 aromatic rings. The molecule has 0 amide bonds. The summed E-state index contributed by atoms with van der Waals surface area (Å²) in [5.41, 5.74) is 0.189. The Balaban J connectivity index is 2.44. The molecular weight excluding hydrogens is 218 g/mol. The standard InChI is InChI=1S/C13H15NO3/c15-9-11-8-10(4-7-14-11)13(12(16)17)5-2-1-3-6-13/h4,7-9H,1-3,5-6H2,(H,16,17). The van der Waals surface area contributed by atoms with Gasteiger partial charge in [0.15, 0.2) is 6.29 Å². The Morgan fingerprint density at radius 1 is 1.35 bits per heavy atom. The van der Waals surface area contributed by atoms with Gasteiger partial charge in [0.25, 0.3) is 0 Å². The first kappa shape index (κ1) is 11.8. The van der Waals surface area contributed by atoms with Gasteiger partial charge in [-0.05, 0) is 30.5 Å². The van der Waals surface area contributed by atoms with Crippen molar-refractivity contribution in [1.29, 1.82) is 0 Å². The molecule has 4 nitrogen and oxygen atoms in total. The molecule has 0 aromatic carbocycles. The van der Waals surface area contributed by atoms with Gasteiger partial charge in [-0.2, -0.15) is 0 Å². The number of rotatable bonds is 3. The SMILES string of the molecule is O=Cc1cc(C2(C(=O)O)CCCCC2)ccn1. The number of carboxylic acid groups (broad SMARTS) is 1. The Hall–Kier alpha value is -1.71. The number of nitrogens with zero attached hydrogens (tertiary/aromatic N) is 1. The lowest BCUT2D eigenvalue weighted by Gasteiger charge is -2.33. The molecule has 90 valence electrons. The quantitative estimate of drug-likeness (QED) is 0.812. The zero-order valence-corrected chi connectivity index (χ0v) is 9.56. The first-order valence-corrected chi connectivity index (χ1v) is 5.84. The molecule has 0 bridgehead atoms. The summed E-state index contributed by atoms with van der Waals surface area (Å²) < 4.78 is 0. The normalized spacial score (nSPS) is 18.6. The molecule has 1 N–H and O–H groups in total. The van der Waals surface area contributed by atoms with Gasteiger partial charge in [0.2, 0.25) is 0 Å². The van der Waals surface area contributed by atoms with Gasteiger partial charge in [-0.1, -0.05) is 19.3 Å².